The van der Waals surface area contributed by atoms with Gasteiger partial charge in [-0.1, -0.05) is 12.1 Å². The van der Waals surface area contributed by atoms with Crippen LogP contribution in [-0.4, -0.2) is 20.2 Å². The number of anilines is 1. The number of ether oxygens (including phenoxy) is 1. The first kappa shape index (κ1) is 10.1. The van der Waals surface area contributed by atoms with Crippen molar-refractivity contribution in [3.8, 4) is 5.75 Å². The van der Waals surface area contributed by atoms with E-state index in [0.29, 0.717) is 0 Å². The molecule has 0 N–H and O–H groups in total. The van der Waals surface area contributed by atoms with E-state index in [1.54, 1.807) is 0 Å². The van der Waals surface area contributed by atoms with Gasteiger partial charge in [0, 0.05) is 7.05 Å². The molecular weight excluding hydrogens is 186 g/mol. The van der Waals surface area contributed by atoms with Crippen LogP contribution in [0.4, 0.5) is 5.69 Å². The third kappa shape index (κ3) is 1.84. The third-order valence-corrected chi connectivity index (χ3v) is 2.94. The molecule has 0 bridgehead atoms. The largest absolute Gasteiger partial charge is 0.490 e. The minimum atomic E-state index is 0.780. The maximum absolute atomic E-state index is 5.66. The van der Waals surface area contributed by atoms with Crippen LogP contribution in [-0.2, 0) is 0 Å². The Morgan fingerprint density at radius 2 is 2.27 bits per heavy atom. The predicted octanol–water partition coefficient (Wildman–Crippen LogP) is 2.94. The predicted molar refractivity (Wildman–Crippen MR) is 64.5 cm³/mol. The Morgan fingerprint density at radius 3 is 3.00 bits per heavy atom. The van der Waals surface area contributed by atoms with Crippen molar-refractivity contribution >= 4 is 11.3 Å². The number of allylic oxidation sites excluding steroid dienone is 2. The molecule has 0 radical (unpaired) electrons. The Kier molecular flexibility index (Phi) is 2.67. The number of fused-ring (bicyclic) bond motifs is 1. The zero-order valence-electron chi connectivity index (χ0n) is 9.58. The molecule has 0 unspecified atom stereocenters. The van der Waals surface area contributed by atoms with Gasteiger partial charge in [0.15, 0.2) is 0 Å². The molecule has 80 valence electrons. The van der Waals surface area contributed by atoms with Crippen LogP contribution in [0.25, 0.3) is 5.57 Å². The molecule has 1 heterocycles. The van der Waals surface area contributed by atoms with Gasteiger partial charge in [-0.3, -0.25) is 0 Å². The summed E-state index contributed by atoms with van der Waals surface area (Å²) in [7, 11) is 2.10. The van der Waals surface area contributed by atoms with Gasteiger partial charge in [0.25, 0.3) is 0 Å². The molecule has 2 heteroatoms. The fourth-order valence-corrected chi connectivity index (χ4v) is 1.77. The van der Waals surface area contributed by atoms with Crippen LogP contribution in [0, 0.1) is 0 Å². The fraction of sp³-hybridized carbons (Fsp3) is 0.385. The average molecular weight is 203 g/mol. The molecular formula is C13H17NO. The Bertz CT molecular complexity index is 396. The number of rotatable bonds is 1. The highest BCUT2D eigenvalue weighted by Gasteiger charge is 2.14. The highest BCUT2D eigenvalue weighted by atomic mass is 16.5. The summed E-state index contributed by atoms with van der Waals surface area (Å²) >= 11 is 0. The van der Waals surface area contributed by atoms with Crippen LogP contribution in [0.2, 0.25) is 0 Å². The summed E-state index contributed by atoms with van der Waals surface area (Å²) in [5.74, 6) is 1.00. The summed E-state index contributed by atoms with van der Waals surface area (Å²) in [4.78, 5) is 2.23. The summed E-state index contributed by atoms with van der Waals surface area (Å²) in [6, 6.07) is 6.41. The van der Waals surface area contributed by atoms with Crippen molar-refractivity contribution in [2.75, 3.05) is 25.1 Å². The monoisotopic (exact) mass is 203 g/mol. The van der Waals surface area contributed by atoms with Gasteiger partial charge in [0.05, 0.1) is 12.2 Å². The average Bonchev–Trinajstić information content (AvgIpc) is 2.28. The van der Waals surface area contributed by atoms with Crippen LogP contribution in [0.15, 0.2) is 24.3 Å². The van der Waals surface area contributed by atoms with Crippen LogP contribution >= 0.6 is 0 Å². The lowest BCUT2D eigenvalue weighted by Crippen LogP contribution is -2.28. The Hall–Kier alpha value is -1.44. The lowest BCUT2D eigenvalue weighted by Gasteiger charge is -2.28. The quantitative estimate of drug-likeness (QED) is 0.695. The Balaban J connectivity index is 2.42. The number of hydrogen-bond donors (Lipinski definition) is 0. The first-order valence-electron chi connectivity index (χ1n) is 5.33. The van der Waals surface area contributed by atoms with Crippen molar-refractivity contribution in [3.05, 3.63) is 29.8 Å². The molecule has 0 amide bonds. The molecule has 1 aromatic carbocycles. The van der Waals surface area contributed by atoms with Crippen molar-refractivity contribution in [2.24, 2.45) is 0 Å². The maximum Gasteiger partial charge on any atom is 0.143 e. The van der Waals surface area contributed by atoms with Gasteiger partial charge < -0.3 is 9.64 Å². The highest BCUT2D eigenvalue weighted by molar-refractivity contribution is 5.70. The second-order valence-corrected chi connectivity index (χ2v) is 3.92. The zero-order chi connectivity index (χ0) is 10.8. The second kappa shape index (κ2) is 3.97. The molecule has 2 nitrogen and oxygen atoms in total. The van der Waals surface area contributed by atoms with Crippen molar-refractivity contribution < 1.29 is 4.74 Å². The number of hydrogen-bond acceptors (Lipinski definition) is 2. The van der Waals surface area contributed by atoms with Crippen LogP contribution in [0.1, 0.15) is 19.4 Å². The summed E-state index contributed by atoms with van der Waals surface area (Å²) in [6.07, 6.45) is 2.12. The molecule has 0 fully saturated rings. The highest BCUT2D eigenvalue weighted by Crippen LogP contribution is 2.33. The third-order valence-electron chi connectivity index (χ3n) is 2.94. The smallest absolute Gasteiger partial charge is 0.143 e. The first-order valence-corrected chi connectivity index (χ1v) is 5.33. The SMILES string of the molecule is CC=C(C)c1ccc2c(c1)OCCN2C. The second-order valence-electron chi connectivity index (χ2n) is 3.92. The van der Waals surface area contributed by atoms with E-state index >= 15 is 0 Å². The van der Waals surface area contributed by atoms with Crippen molar-refractivity contribution in [1.29, 1.82) is 0 Å². The molecule has 1 aromatic rings. The Morgan fingerprint density at radius 1 is 1.47 bits per heavy atom. The fourth-order valence-electron chi connectivity index (χ4n) is 1.77. The summed E-state index contributed by atoms with van der Waals surface area (Å²) in [6.45, 7) is 5.92. The van der Waals surface area contributed by atoms with E-state index < -0.39 is 0 Å². The Labute approximate surface area is 91.2 Å². The number of likely N-dealkylation sites (N-methyl/N-ethyl adjacent to an activating group) is 1. The summed E-state index contributed by atoms with van der Waals surface area (Å²) in [5, 5.41) is 0. The molecule has 0 aromatic heterocycles. The molecule has 1 aliphatic rings. The molecule has 0 saturated carbocycles. The van der Waals surface area contributed by atoms with E-state index in [2.05, 4.69) is 50.1 Å². The topological polar surface area (TPSA) is 12.5 Å². The number of nitrogens with zero attached hydrogens (tertiary/aromatic N) is 1. The van der Waals surface area contributed by atoms with Gasteiger partial charge in [-0.2, -0.15) is 0 Å². The zero-order valence-corrected chi connectivity index (χ0v) is 9.58. The van der Waals surface area contributed by atoms with E-state index in [-0.39, 0.29) is 0 Å². The molecule has 0 atom stereocenters. The molecule has 0 spiro atoms. The minimum absolute atomic E-state index is 0.780. The van der Waals surface area contributed by atoms with Crippen LogP contribution < -0.4 is 9.64 Å². The van der Waals surface area contributed by atoms with Gasteiger partial charge in [-0.15, -0.1) is 0 Å². The molecule has 15 heavy (non-hydrogen) atoms. The summed E-state index contributed by atoms with van der Waals surface area (Å²) in [5.41, 5.74) is 3.72. The van der Waals surface area contributed by atoms with Gasteiger partial charge in [0.1, 0.15) is 12.4 Å². The van der Waals surface area contributed by atoms with Gasteiger partial charge in [-0.25, -0.2) is 0 Å². The normalized spacial score (nSPS) is 15.9. The summed E-state index contributed by atoms with van der Waals surface area (Å²) < 4.78 is 5.66. The molecule has 2 rings (SSSR count). The van der Waals surface area contributed by atoms with E-state index in [1.807, 2.05) is 0 Å². The van der Waals surface area contributed by atoms with E-state index in [1.165, 1.54) is 16.8 Å². The van der Waals surface area contributed by atoms with Crippen molar-refractivity contribution in [1.82, 2.24) is 0 Å². The van der Waals surface area contributed by atoms with Crippen molar-refractivity contribution in [2.45, 2.75) is 13.8 Å². The lowest BCUT2D eigenvalue weighted by molar-refractivity contribution is 0.311. The molecule has 1 aliphatic heterocycles. The first-order chi connectivity index (χ1) is 7.22. The van der Waals surface area contributed by atoms with Crippen LogP contribution in [0.5, 0.6) is 5.75 Å². The standard InChI is InChI=1S/C13H17NO/c1-4-10(2)11-5-6-12-13(9-11)15-8-7-14(12)3/h4-6,9H,7-8H2,1-3H3. The van der Waals surface area contributed by atoms with E-state index in [0.717, 1.165) is 18.9 Å². The van der Waals surface area contributed by atoms with Crippen LogP contribution in [0.3, 0.4) is 0 Å². The number of benzene rings is 1. The van der Waals surface area contributed by atoms with Gasteiger partial charge >= 0.3 is 0 Å². The lowest BCUT2D eigenvalue weighted by atomic mass is 10.1. The maximum atomic E-state index is 5.66. The molecule has 0 saturated heterocycles. The van der Waals surface area contributed by atoms with Gasteiger partial charge in [-0.05, 0) is 37.1 Å². The minimum Gasteiger partial charge on any atom is -0.490 e. The van der Waals surface area contributed by atoms with Crippen molar-refractivity contribution in [3.63, 3.8) is 0 Å². The van der Waals surface area contributed by atoms with E-state index in [9.17, 15) is 0 Å². The molecule has 0 aliphatic carbocycles. The van der Waals surface area contributed by atoms with Gasteiger partial charge in [0.2, 0.25) is 0 Å². The van der Waals surface area contributed by atoms with E-state index in [4.69, 9.17) is 4.74 Å².